The fourth-order valence-corrected chi connectivity index (χ4v) is 2.25. The molecule has 1 saturated heterocycles. The van der Waals surface area contributed by atoms with E-state index in [0.29, 0.717) is 11.5 Å². The summed E-state index contributed by atoms with van der Waals surface area (Å²) in [6.45, 7) is 3.33. The van der Waals surface area contributed by atoms with Crippen LogP contribution in [0.2, 0.25) is 0 Å². The number of nitriles is 1. The van der Waals surface area contributed by atoms with Crippen LogP contribution in [-0.4, -0.2) is 36.6 Å². The smallest absolute Gasteiger partial charge is 0.125 e. The Bertz CT molecular complexity index is 393. The molecule has 4 heteroatoms. The molecule has 1 fully saturated rings. The summed E-state index contributed by atoms with van der Waals surface area (Å²) in [5, 5.41) is 12.0. The number of hydrogen-bond donors (Lipinski definition) is 1. The van der Waals surface area contributed by atoms with E-state index in [1.165, 1.54) is 19.4 Å². The molecule has 90 valence electrons. The van der Waals surface area contributed by atoms with Crippen molar-refractivity contribution >= 4 is 5.82 Å². The van der Waals surface area contributed by atoms with E-state index in [1.54, 1.807) is 12.3 Å². The Balaban J connectivity index is 1.83. The number of aromatic nitrogens is 1. The molecule has 2 heterocycles. The molecule has 0 bridgehead atoms. The molecule has 2 rings (SSSR count). The molecule has 0 aromatic carbocycles. The molecule has 1 atom stereocenters. The van der Waals surface area contributed by atoms with E-state index in [-0.39, 0.29) is 0 Å². The quantitative estimate of drug-likeness (QED) is 0.858. The molecular formula is C13H18N4. The molecule has 1 aromatic heterocycles. The van der Waals surface area contributed by atoms with Crippen LogP contribution in [0.15, 0.2) is 18.3 Å². The van der Waals surface area contributed by atoms with Crippen molar-refractivity contribution in [2.45, 2.75) is 12.8 Å². The molecule has 1 unspecified atom stereocenters. The highest BCUT2D eigenvalue weighted by atomic mass is 15.1. The van der Waals surface area contributed by atoms with Crippen molar-refractivity contribution in [1.29, 1.82) is 5.26 Å². The van der Waals surface area contributed by atoms with Gasteiger partial charge < -0.3 is 10.2 Å². The van der Waals surface area contributed by atoms with Crippen LogP contribution in [0, 0.1) is 17.2 Å². The summed E-state index contributed by atoms with van der Waals surface area (Å²) in [7, 11) is 2.17. The van der Waals surface area contributed by atoms with E-state index in [1.807, 2.05) is 6.07 Å². The minimum Gasteiger partial charge on any atom is -0.370 e. The molecular weight excluding hydrogens is 212 g/mol. The molecule has 1 aliphatic rings. The van der Waals surface area contributed by atoms with Gasteiger partial charge in [-0.3, -0.25) is 0 Å². The van der Waals surface area contributed by atoms with Crippen molar-refractivity contribution in [3.05, 3.63) is 23.9 Å². The molecule has 0 aliphatic carbocycles. The molecule has 0 saturated carbocycles. The van der Waals surface area contributed by atoms with Gasteiger partial charge in [0.15, 0.2) is 0 Å². The van der Waals surface area contributed by atoms with Gasteiger partial charge in [0.2, 0.25) is 0 Å². The summed E-state index contributed by atoms with van der Waals surface area (Å²) in [5.41, 5.74) is 0.605. The van der Waals surface area contributed by atoms with E-state index in [9.17, 15) is 0 Å². The Morgan fingerprint density at radius 2 is 2.47 bits per heavy atom. The zero-order valence-corrected chi connectivity index (χ0v) is 10.2. The topological polar surface area (TPSA) is 52.0 Å². The number of pyridine rings is 1. The number of hydrogen-bond acceptors (Lipinski definition) is 4. The number of anilines is 1. The lowest BCUT2D eigenvalue weighted by Crippen LogP contribution is -2.35. The highest BCUT2D eigenvalue weighted by Crippen LogP contribution is 2.15. The molecule has 17 heavy (non-hydrogen) atoms. The minimum absolute atomic E-state index is 0.605. The fraction of sp³-hybridized carbons (Fsp3) is 0.538. The van der Waals surface area contributed by atoms with E-state index in [4.69, 9.17) is 5.26 Å². The third-order valence-electron chi connectivity index (χ3n) is 3.19. The number of piperidine rings is 1. The van der Waals surface area contributed by atoms with Crippen molar-refractivity contribution < 1.29 is 0 Å². The van der Waals surface area contributed by atoms with Gasteiger partial charge in [-0.05, 0) is 44.5 Å². The van der Waals surface area contributed by atoms with E-state index in [2.05, 4.69) is 28.3 Å². The van der Waals surface area contributed by atoms with Gasteiger partial charge in [0.05, 0.1) is 5.56 Å². The Kier molecular flexibility index (Phi) is 3.94. The van der Waals surface area contributed by atoms with Crippen LogP contribution in [0.1, 0.15) is 18.4 Å². The van der Waals surface area contributed by atoms with Crippen molar-refractivity contribution in [2.75, 3.05) is 32.0 Å². The van der Waals surface area contributed by atoms with Crippen LogP contribution >= 0.6 is 0 Å². The zero-order valence-electron chi connectivity index (χ0n) is 10.2. The molecule has 1 aliphatic heterocycles. The second-order valence-corrected chi connectivity index (χ2v) is 4.70. The summed E-state index contributed by atoms with van der Waals surface area (Å²) in [6, 6.07) is 5.73. The predicted octanol–water partition coefficient (Wildman–Crippen LogP) is 1.71. The number of rotatable bonds is 3. The normalized spacial score (nSPS) is 20.8. The van der Waals surface area contributed by atoms with Gasteiger partial charge in [0, 0.05) is 19.3 Å². The molecule has 4 nitrogen and oxygen atoms in total. The third-order valence-corrected chi connectivity index (χ3v) is 3.19. The molecule has 1 N–H and O–H groups in total. The average molecular weight is 230 g/mol. The lowest BCUT2D eigenvalue weighted by Gasteiger charge is -2.29. The lowest BCUT2D eigenvalue weighted by atomic mass is 9.98. The number of nitrogens with zero attached hydrogens (tertiary/aromatic N) is 3. The van der Waals surface area contributed by atoms with Crippen LogP contribution in [0.25, 0.3) is 0 Å². The highest BCUT2D eigenvalue weighted by Gasteiger charge is 2.16. The summed E-state index contributed by atoms with van der Waals surface area (Å²) in [4.78, 5) is 6.58. The zero-order chi connectivity index (χ0) is 12.1. The third kappa shape index (κ3) is 3.43. The minimum atomic E-state index is 0.605. The Morgan fingerprint density at radius 3 is 3.12 bits per heavy atom. The summed E-state index contributed by atoms with van der Waals surface area (Å²) in [5.74, 6) is 1.56. The van der Waals surface area contributed by atoms with E-state index >= 15 is 0 Å². The van der Waals surface area contributed by atoms with Crippen LogP contribution in [0.3, 0.4) is 0 Å². The van der Waals surface area contributed by atoms with E-state index in [0.717, 1.165) is 18.9 Å². The number of nitrogens with one attached hydrogen (secondary N) is 1. The van der Waals surface area contributed by atoms with Crippen molar-refractivity contribution in [3.63, 3.8) is 0 Å². The highest BCUT2D eigenvalue weighted by molar-refractivity contribution is 5.38. The van der Waals surface area contributed by atoms with Gasteiger partial charge in [-0.25, -0.2) is 4.98 Å². The number of likely N-dealkylation sites (tertiary alicyclic amines) is 1. The van der Waals surface area contributed by atoms with Crippen LogP contribution in [0.4, 0.5) is 5.82 Å². The second kappa shape index (κ2) is 5.65. The predicted molar refractivity (Wildman–Crippen MR) is 67.7 cm³/mol. The summed E-state index contributed by atoms with van der Waals surface area (Å²) >= 11 is 0. The molecule has 0 amide bonds. The SMILES string of the molecule is CN1CCCC(CNc2ccc(C#N)cn2)C1. The first-order chi connectivity index (χ1) is 8.28. The first-order valence-electron chi connectivity index (χ1n) is 6.06. The van der Waals surface area contributed by atoms with Crippen LogP contribution in [-0.2, 0) is 0 Å². The van der Waals surface area contributed by atoms with Gasteiger partial charge >= 0.3 is 0 Å². The van der Waals surface area contributed by atoms with Crippen molar-refractivity contribution in [1.82, 2.24) is 9.88 Å². The monoisotopic (exact) mass is 230 g/mol. The van der Waals surface area contributed by atoms with Gasteiger partial charge in [-0.15, -0.1) is 0 Å². The second-order valence-electron chi connectivity index (χ2n) is 4.70. The molecule has 0 radical (unpaired) electrons. The summed E-state index contributed by atoms with van der Waals surface area (Å²) < 4.78 is 0. The van der Waals surface area contributed by atoms with Crippen LogP contribution < -0.4 is 5.32 Å². The van der Waals surface area contributed by atoms with Crippen molar-refractivity contribution in [3.8, 4) is 6.07 Å². The Hall–Kier alpha value is -1.60. The molecule has 0 spiro atoms. The van der Waals surface area contributed by atoms with Gasteiger partial charge in [0.1, 0.15) is 11.9 Å². The van der Waals surface area contributed by atoms with Crippen LogP contribution in [0.5, 0.6) is 0 Å². The van der Waals surface area contributed by atoms with Gasteiger partial charge in [-0.2, -0.15) is 5.26 Å². The average Bonchev–Trinajstić information content (AvgIpc) is 2.37. The maximum absolute atomic E-state index is 8.68. The van der Waals surface area contributed by atoms with Gasteiger partial charge in [0.25, 0.3) is 0 Å². The first kappa shape index (κ1) is 11.9. The fourth-order valence-electron chi connectivity index (χ4n) is 2.25. The maximum Gasteiger partial charge on any atom is 0.125 e. The standard InChI is InChI=1S/C13H18N4/c1-17-6-2-3-12(10-17)9-16-13-5-4-11(7-14)8-15-13/h4-5,8,12H,2-3,6,9-10H2,1H3,(H,15,16). The maximum atomic E-state index is 8.68. The Morgan fingerprint density at radius 1 is 1.59 bits per heavy atom. The lowest BCUT2D eigenvalue weighted by molar-refractivity contribution is 0.217. The largest absolute Gasteiger partial charge is 0.370 e. The van der Waals surface area contributed by atoms with E-state index < -0.39 is 0 Å². The Labute approximate surface area is 102 Å². The van der Waals surface area contributed by atoms with Crippen molar-refractivity contribution in [2.24, 2.45) is 5.92 Å². The summed E-state index contributed by atoms with van der Waals surface area (Å²) in [6.07, 6.45) is 4.17. The molecule has 1 aromatic rings. The first-order valence-corrected chi connectivity index (χ1v) is 6.06. The van der Waals surface area contributed by atoms with Gasteiger partial charge in [-0.1, -0.05) is 0 Å².